The molecule has 0 aliphatic carbocycles. The van der Waals surface area contributed by atoms with Crippen LogP contribution in [0, 0.1) is 0 Å². The van der Waals surface area contributed by atoms with Gasteiger partial charge in [-0.2, -0.15) is 24.9 Å². The van der Waals surface area contributed by atoms with Gasteiger partial charge in [0.2, 0.25) is 5.91 Å². The molecule has 0 saturated carbocycles. The maximum absolute atomic E-state index is 12.6. The van der Waals surface area contributed by atoms with Crippen LogP contribution in [0.4, 0.5) is 13.2 Å². The van der Waals surface area contributed by atoms with Crippen molar-refractivity contribution in [1.82, 2.24) is 5.32 Å². The molecule has 4 N–H and O–H groups in total. The predicted octanol–water partition coefficient (Wildman–Crippen LogP) is 1.64. The average Bonchev–Trinajstić information content (AvgIpc) is 2.55. The number of carbonyl (C=O) groups is 1. The van der Waals surface area contributed by atoms with Crippen LogP contribution in [0.25, 0.3) is 0 Å². The lowest BCUT2D eigenvalue weighted by Gasteiger charge is -2.16. The number of nitrogens with one attached hydrogen (secondary N) is 1. The molecule has 0 heterocycles. The third kappa shape index (κ3) is 7.41. The van der Waals surface area contributed by atoms with Gasteiger partial charge in [0, 0.05) is 6.54 Å². The molecule has 1 amide bonds. The number of aliphatic hydroxyl groups excluding tert-OH is 1. The molecule has 5 nitrogen and oxygen atoms in total. The summed E-state index contributed by atoms with van der Waals surface area (Å²) in [5, 5.41) is 12.2. The number of halogens is 3. The van der Waals surface area contributed by atoms with Crippen molar-refractivity contribution in [1.29, 1.82) is 0 Å². The van der Waals surface area contributed by atoms with Crippen molar-refractivity contribution in [3.05, 3.63) is 29.8 Å². The van der Waals surface area contributed by atoms with Crippen molar-refractivity contribution in [2.75, 3.05) is 25.2 Å². The minimum absolute atomic E-state index is 0.00752. The summed E-state index contributed by atoms with van der Waals surface area (Å²) in [6.45, 7) is -0.341. The minimum Gasteiger partial charge on any atom is -0.491 e. The van der Waals surface area contributed by atoms with Crippen molar-refractivity contribution >= 4 is 17.7 Å². The van der Waals surface area contributed by atoms with E-state index in [-0.39, 0.29) is 24.8 Å². The molecule has 9 heteroatoms. The van der Waals surface area contributed by atoms with Crippen LogP contribution in [0.15, 0.2) is 24.3 Å². The monoisotopic (exact) mass is 366 g/mol. The van der Waals surface area contributed by atoms with E-state index in [2.05, 4.69) is 5.32 Å². The van der Waals surface area contributed by atoms with Crippen LogP contribution < -0.4 is 15.8 Å². The van der Waals surface area contributed by atoms with Crippen molar-refractivity contribution in [2.45, 2.75) is 24.7 Å². The van der Waals surface area contributed by atoms with Crippen LogP contribution in [0.1, 0.15) is 12.0 Å². The topological polar surface area (TPSA) is 84.6 Å². The second-order valence-corrected chi connectivity index (χ2v) is 6.11. The van der Waals surface area contributed by atoms with Crippen LogP contribution in [-0.2, 0) is 11.0 Å². The summed E-state index contributed by atoms with van der Waals surface area (Å²) in [6.07, 6.45) is -3.10. The molecule has 0 aliphatic heterocycles. The molecular formula is C15H21F3N2O3S. The first-order valence-corrected chi connectivity index (χ1v) is 8.63. The number of amides is 1. The molecule has 2 atom stereocenters. The van der Waals surface area contributed by atoms with E-state index >= 15 is 0 Å². The SMILES string of the molecule is CSCC[C@H](N)C(=O)NCC(O)COc1cccc(C(F)(F)F)c1. The highest BCUT2D eigenvalue weighted by Crippen LogP contribution is 2.31. The van der Waals surface area contributed by atoms with Crippen LogP contribution in [0.2, 0.25) is 0 Å². The fourth-order valence-corrected chi connectivity index (χ4v) is 2.23. The molecule has 0 spiro atoms. The van der Waals surface area contributed by atoms with E-state index in [9.17, 15) is 23.1 Å². The van der Waals surface area contributed by atoms with Gasteiger partial charge in [0.05, 0.1) is 11.6 Å². The lowest BCUT2D eigenvalue weighted by Crippen LogP contribution is -2.44. The zero-order chi connectivity index (χ0) is 18.2. The van der Waals surface area contributed by atoms with Crippen LogP contribution in [0.3, 0.4) is 0 Å². The minimum atomic E-state index is -4.46. The van der Waals surface area contributed by atoms with Gasteiger partial charge in [-0.15, -0.1) is 0 Å². The van der Waals surface area contributed by atoms with Gasteiger partial charge >= 0.3 is 6.18 Å². The number of ether oxygens (including phenoxy) is 1. The number of hydrogen-bond acceptors (Lipinski definition) is 5. The molecule has 0 aromatic heterocycles. The Morgan fingerprint density at radius 3 is 2.79 bits per heavy atom. The fraction of sp³-hybridized carbons (Fsp3) is 0.533. The zero-order valence-corrected chi connectivity index (χ0v) is 14.0. The van der Waals surface area contributed by atoms with Crippen molar-refractivity contribution in [3.63, 3.8) is 0 Å². The van der Waals surface area contributed by atoms with Gasteiger partial charge in [-0.3, -0.25) is 4.79 Å². The summed E-state index contributed by atoms with van der Waals surface area (Å²) >= 11 is 1.57. The lowest BCUT2D eigenvalue weighted by molar-refractivity contribution is -0.137. The number of nitrogens with two attached hydrogens (primary N) is 1. The van der Waals surface area contributed by atoms with Crippen LogP contribution in [-0.4, -0.2) is 48.3 Å². The van der Waals surface area contributed by atoms with Gasteiger partial charge in [-0.1, -0.05) is 6.07 Å². The molecule has 1 unspecified atom stereocenters. The molecule has 1 rings (SSSR count). The van der Waals surface area contributed by atoms with Crippen molar-refractivity contribution < 1.29 is 27.8 Å². The van der Waals surface area contributed by atoms with Crippen molar-refractivity contribution in [3.8, 4) is 5.75 Å². The Balaban J connectivity index is 2.39. The van der Waals surface area contributed by atoms with Gasteiger partial charge in [-0.05, 0) is 36.6 Å². The normalized spacial score (nSPS) is 14.1. The zero-order valence-electron chi connectivity index (χ0n) is 13.2. The smallest absolute Gasteiger partial charge is 0.416 e. The molecular weight excluding hydrogens is 345 g/mol. The molecule has 136 valence electrons. The third-order valence-electron chi connectivity index (χ3n) is 3.09. The predicted molar refractivity (Wildman–Crippen MR) is 86.9 cm³/mol. The van der Waals surface area contributed by atoms with E-state index < -0.39 is 23.9 Å². The third-order valence-corrected chi connectivity index (χ3v) is 3.73. The van der Waals surface area contributed by atoms with Gasteiger partial charge in [0.25, 0.3) is 0 Å². The van der Waals surface area contributed by atoms with E-state index in [1.807, 2.05) is 6.26 Å². The highest BCUT2D eigenvalue weighted by atomic mass is 32.2. The summed E-state index contributed by atoms with van der Waals surface area (Å²) < 4.78 is 42.8. The maximum atomic E-state index is 12.6. The average molecular weight is 366 g/mol. The van der Waals surface area contributed by atoms with Crippen molar-refractivity contribution in [2.24, 2.45) is 5.73 Å². The molecule has 1 aromatic carbocycles. The molecule has 1 aromatic rings. The van der Waals surface area contributed by atoms with E-state index in [4.69, 9.17) is 10.5 Å². The van der Waals surface area contributed by atoms with Gasteiger partial charge in [0.15, 0.2) is 0 Å². The first-order chi connectivity index (χ1) is 11.2. The summed E-state index contributed by atoms with van der Waals surface area (Å²) in [5.41, 5.74) is 4.84. The number of benzene rings is 1. The van der Waals surface area contributed by atoms with E-state index in [1.165, 1.54) is 12.1 Å². The van der Waals surface area contributed by atoms with Gasteiger partial charge in [-0.25, -0.2) is 0 Å². The number of alkyl halides is 3. The molecule has 0 aliphatic rings. The molecule has 24 heavy (non-hydrogen) atoms. The first kappa shape index (κ1) is 20.6. The Labute approximate surface area is 142 Å². The molecule has 0 saturated heterocycles. The molecule has 0 fully saturated rings. The first-order valence-electron chi connectivity index (χ1n) is 7.24. The lowest BCUT2D eigenvalue weighted by atomic mass is 10.2. The number of thioether (sulfide) groups is 1. The Bertz CT molecular complexity index is 529. The summed E-state index contributed by atoms with van der Waals surface area (Å²) in [5.74, 6) is 0.351. The van der Waals surface area contributed by atoms with Crippen LogP contribution >= 0.6 is 11.8 Å². The van der Waals surface area contributed by atoms with Gasteiger partial charge in [0.1, 0.15) is 18.5 Å². The maximum Gasteiger partial charge on any atom is 0.416 e. The summed E-state index contributed by atoms with van der Waals surface area (Å²) in [7, 11) is 0. The highest BCUT2D eigenvalue weighted by Gasteiger charge is 2.30. The number of aliphatic hydroxyl groups is 1. The van der Waals surface area contributed by atoms with Crippen LogP contribution in [0.5, 0.6) is 5.75 Å². The number of hydrogen-bond donors (Lipinski definition) is 3. The van der Waals surface area contributed by atoms with E-state index in [0.717, 1.165) is 17.9 Å². The van der Waals surface area contributed by atoms with E-state index in [0.29, 0.717) is 6.42 Å². The van der Waals surface area contributed by atoms with Gasteiger partial charge < -0.3 is 20.9 Å². The second-order valence-electron chi connectivity index (χ2n) is 5.12. The second kappa shape index (κ2) is 9.75. The largest absolute Gasteiger partial charge is 0.491 e. The number of carbonyl (C=O) groups excluding carboxylic acids is 1. The standard InChI is InChI=1S/C15H21F3N2O3S/c1-24-6-5-13(19)14(22)20-8-11(21)9-23-12-4-2-3-10(7-12)15(16,17)18/h2-4,7,11,13,21H,5-6,8-9,19H2,1H3,(H,20,22)/t11?,13-/m0/s1. The highest BCUT2D eigenvalue weighted by molar-refractivity contribution is 7.98. The molecule has 0 radical (unpaired) electrons. The number of rotatable bonds is 9. The summed E-state index contributed by atoms with van der Waals surface area (Å²) in [6, 6.07) is 3.70. The Hall–Kier alpha value is -1.45. The Kier molecular flexibility index (Phi) is 8.37. The quantitative estimate of drug-likeness (QED) is 0.619. The van der Waals surface area contributed by atoms with E-state index in [1.54, 1.807) is 11.8 Å². The Morgan fingerprint density at radius 2 is 2.17 bits per heavy atom. The molecule has 0 bridgehead atoms. The summed E-state index contributed by atoms with van der Waals surface area (Å²) in [4.78, 5) is 11.7. The Morgan fingerprint density at radius 1 is 1.46 bits per heavy atom. The fourth-order valence-electron chi connectivity index (χ4n) is 1.74.